The number of nitro benzene ring substituents is 1. The number of hydrogen-bond donors (Lipinski definition) is 0. The zero-order chi connectivity index (χ0) is 14.3. The molecule has 6 nitrogen and oxygen atoms in total. The Morgan fingerprint density at radius 3 is 2.68 bits per heavy atom. The summed E-state index contributed by atoms with van der Waals surface area (Å²) >= 11 is 0. The van der Waals surface area contributed by atoms with Crippen molar-refractivity contribution in [3.63, 3.8) is 0 Å². The summed E-state index contributed by atoms with van der Waals surface area (Å²) in [4.78, 5) is 23.7. The number of para-hydroxylation sites is 1. The highest BCUT2D eigenvalue weighted by molar-refractivity contribution is 5.71. The van der Waals surface area contributed by atoms with Crippen LogP contribution in [0.15, 0.2) is 24.3 Å². The molecule has 0 saturated carbocycles. The Kier molecular flexibility index (Phi) is 5.95. The van der Waals surface area contributed by atoms with Crippen LogP contribution in [0.4, 0.5) is 5.69 Å². The smallest absolute Gasteiger partial charge is 0.319 e. The van der Waals surface area contributed by atoms with E-state index in [1.807, 2.05) is 11.8 Å². The standard InChI is InChI=1S/C13H18N2O4/c1-3-8-14(10-13(16)19-2)9-11-6-4-5-7-12(11)15(17)18/h4-7H,3,8-10H2,1-2H3. The first-order chi connectivity index (χ1) is 9.08. The maximum atomic E-state index is 11.3. The Balaban J connectivity index is 2.84. The van der Waals surface area contributed by atoms with Crippen molar-refractivity contribution in [2.45, 2.75) is 19.9 Å². The van der Waals surface area contributed by atoms with Gasteiger partial charge < -0.3 is 4.74 Å². The van der Waals surface area contributed by atoms with E-state index in [9.17, 15) is 14.9 Å². The number of rotatable bonds is 7. The molecule has 0 atom stereocenters. The summed E-state index contributed by atoms with van der Waals surface area (Å²) in [5, 5.41) is 10.9. The number of carbonyl (C=O) groups excluding carboxylic acids is 1. The summed E-state index contributed by atoms with van der Waals surface area (Å²) in [7, 11) is 1.33. The highest BCUT2D eigenvalue weighted by atomic mass is 16.6. The molecule has 1 aromatic rings. The lowest BCUT2D eigenvalue weighted by molar-refractivity contribution is -0.385. The Hall–Kier alpha value is -1.95. The molecule has 0 bridgehead atoms. The number of ether oxygens (including phenoxy) is 1. The maximum absolute atomic E-state index is 11.3. The Labute approximate surface area is 112 Å². The van der Waals surface area contributed by atoms with Crippen LogP contribution in [-0.4, -0.2) is 36.0 Å². The van der Waals surface area contributed by atoms with Gasteiger partial charge >= 0.3 is 5.97 Å². The average molecular weight is 266 g/mol. The molecule has 0 unspecified atom stereocenters. The third-order valence-corrected chi connectivity index (χ3v) is 2.70. The van der Waals surface area contributed by atoms with E-state index >= 15 is 0 Å². The van der Waals surface area contributed by atoms with Gasteiger partial charge in [0.1, 0.15) is 0 Å². The molecule has 0 radical (unpaired) electrons. The summed E-state index contributed by atoms with van der Waals surface area (Å²) in [6.45, 7) is 3.17. The second-order valence-electron chi connectivity index (χ2n) is 4.17. The highest BCUT2D eigenvalue weighted by Gasteiger charge is 2.17. The van der Waals surface area contributed by atoms with Crippen molar-refractivity contribution in [1.82, 2.24) is 4.90 Å². The molecule has 19 heavy (non-hydrogen) atoms. The lowest BCUT2D eigenvalue weighted by atomic mass is 10.1. The minimum absolute atomic E-state index is 0.0773. The van der Waals surface area contributed by atoms with Crippen molar-refractivity contribution < 1.29 is 14.5 Å². The van der Waals surface area contributed by atoms with Crippen LogP contribution >= 0.6 is 0 Å². The summed E-state index contributed by atoms with van der Waals surface area (Å²) in [5.74, 6) is -0.341. The van der Waals surface area contributed by atoms with Gasteiger partial charge in [-0.15, -0.1) is 0 Å². The van der Waals surface area contributed by atoms with Crippen molar-refractivity contribution in [2.24, 2.45) is 0 Å². The Morgan fingerprint density at radius 2 is 2.11 bits per heavy atom. The summed E-state index contributed by atoms with van der Waals surface area (Å²) in [5.41, 5.74) is 0.679. The van der Waals surface area contributed by atoms with Gasteiger partial charge in [0.25, 0.3) is 5.69 Å². The fourth-order valence-electron chi connectivity index (χ4n) is 1.84. The first-order valence-electron chi connectivity index (χ1n) is 6.10. The first-order valence-corrected chi connectivity index (χ1v) is 6.10. The maximum Gasteiger partial charge on any atom is 0.319 e. The van der Waals surface area contributed by atoms with Gasteiger partial charge in [-0.05, 0) is 13.0 Å². The topological polar surface area (TPSA) is 72.7 Å². The molecule has 0 spiro atoms. The van der Waals surface area contributed by atoms with Crippen LogP contribution in [0.5, 0.6) is 0 Å². The van der Waals surface area contributed by atoms with Crippen LogP contribution in [0.1, 0.15) is 18.9 Å². The van der Waals surface area contributed by atoms with E-state index in [0.29, 0.717) is 18.7 Å². The van der Waals surface area contributed by atoms with Gasteiger partial charge in [0.15, 0.2) is 0 Å². The molecule has 0 heterocycles. The molecule has 0 aromatic heterocycles. The van der Waals surface area contributed by atoms with Gasteiger partial charge in [-0.3, -0.25) is 19.8 Å². The third kappa shape index (κ3) is 4.67. The minimum Gasteiger partial charge on any atom is -0.468 e. The van der Waals surface area contributed by atoms with Gasteiger partial charge in [0, 0.05) is 18.2 Å². The molecule has 104 valence electrons. The average Bonchev–Trinajstić information content (AvgIpc) is 2.39. The van der Waals surface area contributed by atoms with Gasteiger partial charge in [0.2, 0.25) is 0 Å². The van der Waals surface area contributed by atoms with Crippen LogP contribution in [0, 0.1) is 10.1 Å². The lowest BCUT2D eigenvalue weighted by Crippen LogP contribution is -2.31. The molecule has 1 rings (SSSR count). The Morgan fingerprint density at radius 1 is 1.42 bits per heavy atom. The molecule has 0 amide bonds. The number of nitro groups is 1. The summed E-state index contributed by atoms with van der Waals surface area (Å²) in [6.07, 6.45) is 0.859. The van der Waals surface area contributed by atoms with E-state index in [1.165, 1.54) is 13.2 Å². The van der Waals surface area contributed by atoms with Crippen LogP contribution in [0.2, 0.25) is 0 Å². The minimum atomic E-state index is -0.405. The Bertz CT molecular complexity index is 448. The highest BCUT2D eigenvalue weighted by Crippen LogP contribution is 2.19. The van der Waals surface area contributed by atoms with Crippen LogP contribution < -0.4 is 0 Å². The second kappa shape index (κ2) is 7.48. The van der Waals surface area contributed by atoms with E-state index in [1.54, 1.807) is 18.2 Å². The number of methoxy groups -OCH3 is 1. The molecular weight excluding hydrogens is 248 g/mol. The number of nitrogens with zero attached hydrogens (tertiary/aromatic N) is 2. The number of benzene rings is 1. The zero-order valence-electron chi connectivity index (χ0n) is 11.2. The zero-order valence-corrected chi connectivity index (χ0v) is 11.2. The largest absolute Gasteiger partial charge is 0.468 e. The van der Waals surface area contributed by atoms with Gasteiger partial charge in [-0.1, -0.05) is 25.1 Å². The van der Waals surface area contributed by atoms with Gasteiger partial charge in [-0.2, -0.15) is 0 Å². The van der Waals surface area contributed by atoms with Crippen molar-refractivity contribution in [1.29, 1.82) is 0 Å². The molecule has 0 aliphatic heterocycles. The van der Waals surface area contributed by atoms with Gasteiger partial charge in [-0.25, -0.2) is 0 Å². The molecule has 0 aliphatic carbocycles. The quantitative estimate of drug-likeness (QED) is 0.428. The predicted octanol–water partition coefficient (Wildman–Crippen LogP) is 1.98. The number of carbonyl (C=O) groups is 1. The third-order valence-electron chi connectivity index (χ3n) is 2.70. The fraction of sp³-hybridized carbons (Fsp3) is 0.462. The van der Waals surface area contributed by atoms with Crippen molar-refractivity contribution >= 4 is 11.7 Å². The normalized spacial score (nSPS) is 10.5. The lowest BCUT2D eigenvalue weighted by Gasteiger charge is -2.20. The van der Waals surface area contributed by atoms with E-state index in [2.05, 4.69) is 4.74 Å². The van der Waals surface area contributed by atoms with Crippen LogP contribution in [-0.2, 0) is 16.1 Å². The van der Waals surface area contributed by atoms with E-state index in [0.717, 1.165) is 6.42 Å². The van der Waals surface area contributed by atoms with Crippen LogP contribution in [0.3, 0.4) is 0 Å². The summed E-state index contributed by atoms with van der Waals surface area (Å²) in [6, 6.07) is 6.56. The molecule has 0 N–H and O–H groups in total. The van der Waals surface area contributed by atoms with Gasteiger partial charge in [0.05, 0.1) is 18.6 Å². The second-order valence-corrected chi connectivity index (χ2v) is 4.17. The fourth-order valence-corrected chi connectivity index (χ4v) is 1.84. The molecule has 0 aliphatic rings. The van der Waals surface area contributed by atoms with E-state index in [-0.39, 0.29) is 18.2 Å². The number of esters is 1. The number of hydrogen-bond acceptors (Lipinski definition) is 5. The molecule has 0 fully saturated rings. The molecular formula is C13H18N2O4. The van der Waals surface area contributed by atoms with Crippen molar-refractivity contribution in [3.8, 4) is 0 Å². The SMILES string of the molecule is CCCN(CC(=O)OC)Cc1ccccc1[N+](=O)[O-]. The summed E-state index contributed by atoms with van der Waals surface area (Å²) < 4.78 is 4.63. The first kappa shape index (κ1) is 15.1. The molecule has 6 heteroatoms. The molecule has 1 aromatic carbocycles. The van der Waals surface area contributed by atoms with Crippen molar-refractivity contribution in [2.75, 3.05) is 20.2 Å². The van der Waals surface area contributed by atoms with E-state index < -0.39 is 4.92 Å². The van der Waals surface area contributed by atoms with Crippen LogP contribution in [0.25, 0.3) is 0 Å². The molecule has 0 saturated heterocycles. The monoisotopic (exact) mass is 266 g/mol. The van der Waals surface area contributed by atoms with E-state index in [4.69, 9.17) is 0 Å². The van der Waals surface area contributed by atoms with Crippen molar-refractivity contribution in [3.05, 3.63) is 39.9 Å². The predicted molar refractivity (Wildman–Crippen MR) is 70.7 cm³/mol.